The van der Waals surface area contributed by atoms with Gasteiger partial charge in [0.25, 0.3) is 0 Å². The van der Waals surface area contributed by atoms with Crippen molar-refractivity contribution in [1.82, 2.24) is 0 Å². The van der Waals surface area contributed by atoms with Crippen LogP contribution in [0.25, 0.3) is 20.9 Å². The first kappa shape index (κ1) is 11.1. The molecule has 0 aromatic carbocycles. The number of carbonyl (C=O) groups excluding carboxylic acids is 2. The number of fused-ring (bicyclic) bond motifs is 1. The van der Waals surface area contributed by atoms with Crippen LogP contribution in [0.5, 0.6) is 0 Å². The number of hydrogen-bond acceptors (Lipinski definition) is 6. The third-order valence-electron chi connectivity index (χ3n) is 2.62. The molecule has 0 saturated carbocycles. The molecule has 1 saturated heterocycles. The first-order chi connectivity index (χ1) is 7.92. The lowest BCUT2D eigenvalue weighted by atomic mass is 9.95. The average molecular weight is 254 g/mol. The number of azide groups is 2. The van der Waals surface area contributed by atoms with Crippen molar-refractivity contribution >= 4 is 21.4 Å². The van der Waals surface area contributed by atoms with E-state index in [0.29, 0.717) is 12.2 Å². The first-order valence-electron chi connectivity index (χ1n) is 4.06. The van der Waals surface area contributed by atoms with E-state index in [1.54, 1.807) is 0 Å². The summed E-state index contributed by atoms with van der Waals surface area (Å²) in [6.45, 7) is 0. The second kappa shape index (κ2) is 2.86. The summed E-state index contributed by atoms with van der Waals surface area (Å²) >= 11 is 0. The summed E-state index contributed by atoms with van der Waals surface area (Å²) in [6.07, 6.45) is 1.37. The smallest absolute Gasteiger partial charge is 0.246 e. The van der Waals surface area contributed by atoms with Gasteiger partial charge in [0.15, 0.2) is 21.4 Å². The van der Waals surface area contributed by atoms with Crippen molar-refractivity contribution in [3.8, 4) is 0 Å². The molecule has 0 radical (unpaired) electrons. The maximum atomic E-state index is 11.7. The molecule has 1 fully saturated rings. The summed E-state index contributed by atoms with van der Waals surface area (Å²) in [4.78, 5) is 22.2. The Morgan fingerprint density at radius 2 is 1.35 bits per heavy atom. The molecule has 2 atom stereocenters. The van der Waals surface area contributed by atoms with E-state index in [1.807, 2.05) is 0 Å². The van der Waals surface area contributed by atoms with Crippen molar-refractivity contribution < 1.29 is 18.0 Å². The van der Waals surface area contributed by atoms with E-state index < -0.39 is 31.1 Å². The molecule has 1 heterocycles. The molecule has 0 spiro atoms. The zero-order chi connectivity index (χ0) is 12.9. The van der Waals surface area contributed by atoms with Gasteiger partial charge in [-0.2, -0.15) is 0 Å². The number of sulfone groups is 1. The van der Waals surface area contributed by atoms with Crippen molar-refractivity contribution in [2.45, 2.75) is 9.74 Å². The number of carbonyl (C=O) groups is 2. The molecule has 1 aliphatic heterocycles. The van der Waals surface area contributed by atoms with E-state index in [9.17, 15) is 18.0 Å². The standard InChI is InChI=1S/C6H2N6O4S/c7-11-9-5-3(13)1-2-4(14)6(5,10-12-8)17(5,15)16/h1-2H. The molecule has 0 bridgehead atoms. The molecular formula is C6H2N6O4S. The van der Waals surface area contributed by atoms with Crippen molar-refractivity contribution in [3.63, 3.8) is 0 Å². The molecule has 2 aliphatic rings. The van der Waals surface area contributed by atoms with Gasteiger partial charge in [-0.05, 0) is 23.2 Å². The topological polar surface area (TPSA) is 166 Å². The van der Waals surface area contributed by atoms with Gasteiger partial charge < -0.3 is 0 Å². The molecule has 0 amide bonds. The Hall–Kier alpha value is -2.35. The molecular weight excluding hydrogens is 252 g/mol. The lowest BCUT2D eigenvalue weighted by Crippen LogP contribution is -2.38. The summed E-state index contributed by atoms with van der Waals surface area (Å²) in [5.74, 6) is -2.19. The predicted molar refractivity (Wildman–Crippen MR) is 51.8 cm³/mol. The van der Waals surface area contributed by atoms with Gasteiger partial charge in [-0.25, -0.2) is 8.42 Å². The van der Waals surface area contributed by atoms with Crippen LogP contribution in [-0.4, -0.2) is 29.7 Å². The Balaban J connectivity index is 2.92. The van der Waals surface area contributed by atoms with Crippen LogP contribution in [0.3, 0.4) is 0 Å². The summed E-state index contributed by atoms with van der Waals surface area (Å²) in [7, 11) is -4.48. The average Bonchev–Trinajstić information content (AvgIpc) is 2.70. The molecule has 0 aromatic rings. The quantitative estimate of drug-likeness (QED) is 0.296. The summed E-state index contributed by atoms with van der Waals surface area (Å²) in [5, 5.41) is 5.74. The molecule has 2 unspecified atom stereocenters. The predicted octanol–water partition coefficient (Wildman–Crippen LogP) is 0.136. The van der Waals surface area contributed by atoms with Crippen LogP contribution in [-0.2, 0) is 19.4 Å². The highest BCUT2D eigenvalue weighted by Crippen LogP contribution is 2.61. The van der Waals surface area contributed by atoms with Gasteiger partial charge in [0, 0.05) is 9.82 Å². The lowest BCUT2D eigenvalue weighted by molar-refractivity contribution is -0.123. The van der Waals surface area contributed by atoms with Gasteiger partial charge in [0.1, 0.15) is 0 Å². The SMILES string of the molecule is [N-]=[N+]=NC12C(=O)C=CC(=O)C1(N=[N+]=[N-])S2(=O)=O. The number of hydrogen-bond donors (Lipinski definition) is 0. The highest BCUT2D eigenvalue weighted by Gasteiger charge is 2.92. The van der Waals surface area contributed by atoms with Crippen LogP contribution in [0.15, 0.2) is 22.4 Å². The Bertz CT molecular complexity index is 629. The molecule has 1 aliphatic carbocycles. The highest BCUT2D eigenvalue weighted by molar-refractivity contribution is 8.04. The van der Waals surface area contributed by atoms with Gasteiger partial charge in [0.2, 0.25) is 9.74 Å². The van der Waals surface area contributed by atoms with Crippen LogP contribution >= 0.6 is 0 Å². The summed E-state index contributed by atoms with van der Waals surface area (Å²) in [5.41, 5.74) is 16.6. The number of rotatable bonds is 2. The fourth-order valence-corrected chi connectivity index (χ4v) is 4.02. The maximum absolute atomic E-state index is 11.7. The third-order valence-corrected chi connectivity index (χ3v) is 5.13. The van der Waals surface area contributed by atoms with Gasteiger partial charge in [-0.3, -0.25) is 9.59 Å². The van der Waals surface area contributed by atoms with E-state index in [1.165, 1.54) is 0 Å². The monoisotopic (exact) mass is 254 g/mol. The fourth-order valence-electron chi connectivity index (χ4n) is 1.82. The molecule has 11 heteroatoms. The van der Waals surface area contributed by atoms with Gasteiger partial charge in [-0.1, -0.05) is 10.2 Å². The Morgan fingerprint density at radius 1 is 1.00 bits per heavy atom. The Morgan fingerprint density at radius 3 is 1.65 bits per heavy atom. The van der Waals surface area contributed by atoms with E-state index in [-0.39, 0.29) is 0 Å². The van der Waals surface area contributed by atoms with E-state index in [0.717, 1.165) is 0 Å². The van der Waals surface area contributed by atoms with Crippen molar-refractivity contribution in [1.29, 1.82) is 0 Å². The van der Waals surface area contributed by atoms with Gasteiger partial charge >= 0.3 is 0 Å². The first-order valence-corrected chi connectivity index (χ1v) is 5.54. The molecule has 2 rings (SSSR count). The minimum Gasteiger partial charge on any atom is -0.293 e. The molecule has 0 N–H and O–H groups in total. The van der Waals surface area contributed by atoms with Crippen LogP contribution in [0.4, 0.5) is 0 Å². The van der Waals surface area contributed by atoms with Gasteiger partial charge in [0.05, 0.1) is 0 Å². The van der Waals surface area contributed by atoms with E-state index in [4.69, 9.17) is 11.1 Å². The largest absolute Gasteiger partial charge is 0.293 e. The van der Waals surface area contributed by atoms with E-state index in [2.05, 4.69) is 20.1 Å². The third kappa shape index (κ3) is 0.816. The zero-order valence-electron chi connectivity index (χ0n) is 7.88. The Kier molecular flexibility index (Phi) is 1.87. The minimum atomic E-state index is -4.48. The summed E-state index contributed by atoms with van der Waals surface area (Å²) in [6, 6.07) is 0. The maximum Gasteiger partial charge on any atom is 0.246 e. The van der Waals surface area contributed by atoms with Crippen LogP contribution in [0.1, 0.15) is 0 Å². The molecule has 10 nitrogen and oxygen atoms in total. The van der Waals surface area contributed by atoms with E-state index >= 15 is 0 Å². The summed E-state index contributed by atoms with van der Waals surface area (Å²) < 4.78 is 23.5. The zero-order valence-corrected chi connectivity index (χ0v) is 8.70. The fraction of sp³-hybridized carbons (Fsp3) is 0.333. The Labute approximate surface area is 93.1 Å². The van der Waals surface area contributed by atoms with Gasteiger partial charge in [-0.15, -0.1) is 0 Å². The molecule has 86 valence electrons. The van der Waals surface area contributed by atoms with Crippen LogP contribution in [0.2, 0.25) is 0 Å². The van der Waals surface area contributed by atoms with Crippen molar-refractivity contribution in [2.24, 2.45) is 10.2 Å². The molecule has 0 aromatic heterocycles. The lowest BCUT2D eigenvalue weighted by Gasteiger charge is -2.10. The normalized spacial score (nSPS) is 36.5. The minimum absolute atomic E-state index is 0.687. The molecule has 17 heavy (non-hydrogen) atoms. The van der Waals surface area contributed by atoms with Crippen molar-refractivity contribution in [3.05, 3.63) is 33.0 Å². The second-order valence-corrected chi connectivity index (χ2v) is 5.42. The second-order valence-electron chi connectivity index (χ2n) is 3.23. The number of ketones is 2. The van der Waals surface area contributed by atoms with Crippen molar-refractivity contribution in [2.75, 3.05) is 0 Å². The van der Waals surface area contributed by atoms with Crippen LogP contribution in [0, 0.1) is 0 Å². The highest BCUT2D eigenvalue weighted by atomic mass is 32.2. The number of nitrogens with zero attached hydrogens (tertiary/aromatic N) is 6. The van der Waals surface area contributed by atoms with Crippen LogP contribution < -0.4 is 0 Å².